The van der Waals surface area contributed by atoms with Crippen molar-refractivity contribution in [3.8, 4) is 0 Å². The van der Waals surface area contributed by atoms with Crippen molar-refractivity contribution in [2.75, 3.05) is 0 Å². The zero-order chi connectivity index (χ0) is 36.4. The molecular formula is C40H82O6Sn. The molecule has 2 radical (unpaired) electrons. The Kier molecular flexibility index (Phi) is 51.0. The van der Waals surface area contributed by atoms with E-state index in [1.54, 1.807) is 0 Å². The molecule has 0 saturated heterocycles. The predicted molar refractivity (Wildman–Crippen MR) is 205 cm³/mol. The van der Waals surface area contributed by atoms with Crippen molar-refractivity contribution in [2.24, 2.45) is 0 Å². The van der Waals surface area contributed by atoms with E-state index in [-0.39, 0.29) is 0 Å². The molecule has 0 bridgehead atoms. The Balaban J connectivity index is -0.000000275. The van der Waals surface area contributed by atoms with Crippen LogP contribution < -0.4 is 0 Å². The van der Waals surface area contributed by atoms with Crippen LogP contribution in [0.1, 0.15) is 234 Å². The number of carbonyl (C=O) groups is 3. The molecule has 0 aliphatic heterocycles. The quantitative estimate of drug-likeness (QED) is 0.0495. The second-order valence-corrected chi connectivity index (χ2v) is 19.2. The Hall–Kier alpha value is -0.791. The Bertz CT molecular complexity index is 551. The van der Waals surface area contributed by atoms with Crippen molar-refractivity contribution in [3.63, 3.8) is 0 Å². The summed E-state index contributed by atoms with van der Waals surface area (Å²) in [6.07, 6.45) is 34.4. The Labute approximate surface area is 306 Å². The average molecular weight is 778 g/mol. The first-order chi connectivity index (χ1) is 22.3. The number of unbranched alkanes of at least 4 members (excludes halogenated alkanes) is 24. The zero-order valence-electron chi connectivity index (χ0n) is 32.4. The predicted octanol–water partition coefficient (Wildman–Crippen LogP) is 13.1. The number of hydrogen-bond acceptors (Lipinski definition) is 3. The van der Waals surface area contributed by atoms with Crippen molar-refractivity contribution in [1.82, 2.24) is 0 Å². The summed E-state index contributed by atoms with van der Waals surface area (Å²) in [7, 11) is 0. The molecule has 282 valence electrons. The first-order valence-electron chi connectivity index (χ1n) is 19.8. The minimum absolute atomic E-state index is 0.343. The summed E-state index contributed by atoms with van der Waals surface area (Å²) in [5.74, 6) is -1.98. The van der Waals surface area contributed by atoms with Gasteiger partial charge in [0.05, 0.1) is 0 Å². The molecule has 47 heavy (non-hydrogen) atoms. The van der Waals surface area contributed by atoms with E-state index in [9.17, 15) is 14.4 Å². The molecule has 0 amide bonds. The van der Waals surface area contributed by atoms with Crippen LogP contribution in [0.5, 0.6) is 0 Å². The van der Waals surface area contributed by atoms with Crippen LogP contribution in [0.25, 0.3) is 0 Å². The van der Waals surface area contributed by atoms with Crippen LogP contribution in [0, 0.1) is 0 Å². The summed E-state index contributed by atoms with van der Waals surface area (Å²) in [6.45, 7) is 13.4. The van der Waals surface area contributed by atoms with Crippen LogP contribution in [0.4, 0.5) is 0 Å². The van der Waals surface area contributed by atoms with Crippen molar-refractivity contribution < 1.29 is 29.7 Å². The van der Waals surface area contributed by atoms with Crippen molar-refractivity contribution in [2.45, 2.75) is 238 Å². The number of rotatable bonds is 30. The van der Waals surface area contributed by atoms with Gasteiger partial charge in [0.2, 0.25) is 0 Å². The van der Waals surface area contributed by atoms with Crippen LogP contribution in [-0.4, -0.2) is 55.8 Å². The fraction of sp³-hybridized carbons (Fsp3) is 0.925. The van der Waals surface area contributed by atoms with Crippen LogP contribution in [0.2, 0.25) is 3.43 Å². The second kappa shape index (κ2) is 45.2. The van der Waals surface area contributed by atoms with E-state index in [1.165, 1.54) is 157 Å². The molecule has 0 aromatic heterocycles. The summed E-state index contributed by atoms with van der Waals surface area (Å²) in [5, 5.41) is 25.2. The van der Waals surface area contributed by atoms with Gasteiger partial charge in [-0.1, -0.05) is 175 Å². The third kappa shape index (κ3) is 81.4. The average Bonchev–Trinajstić information content (AvgIpc) is 2.98. The maximum absolute atomic E-state index is 10.2. The van der Waals surface area contributed by atoms with E-state index in [0.717, 1.165) is 38.5 Å². The Morgan fingerprint density at radius 3 is 0.617 bits per heavy atom. The zero-order valence-corrected chi connectivity index (χ0v) is 35.7. The number of carboxylic acids is 3. The third-order valence-electron chi connectivity index (χ3n) is 7.48. The molecule has 0 aromatic rings. The van der Waals surface area contributed by atoms with Crippen molar-refractivity contribution >= 4 is 40.4 Å². The van der Waals surface area contributed by atoms with Crippen LogP contribution in [0.15, 0.2) is 0 Å². The van der Waals surface area contributed by atoms with E-state index >= 15 is 0 Å². The first-order valence-corrected chi connectivity index (χ1v) is 21.4. The standard InChI is InChI=1S/3C12H24O2.C4H9.Sn.H/c3*1-2-3-4-5-6-7-8-9-10-11-12(13)14;1-4(2)3;;/h3*2-11H2,1H3,(H,13,14);1-3H3;;. The molecule has 0 aromatic carbocycles. The molecule has 0 aliphatic carbocycles. The van der Waals surface area contributed by atoms with Gasteiger partial charge < -0.3 is 15.3 Å². The first kappa shape index (κ1) is 53.0. The molecule has 0 aliphatic rings. The summed E-state index contributed by atoms with van der Waals surface area (Å²) in [4.78, 5) is 30.6. The molecule has 0 spiro atoms. The van der Waals surface area contributed by atoms with Gasteiger partial charge in [0, 0.05) is 19.3 Å². The van der Waals surface area contributed by atoms with Crippen molar-refractivity contribution in [3.05, 3.63) is 0 Å². The molecular weight excluding hydrogens is 695 g/mol. The fourth-order valence-electron chi connectivity index (χ4n) is 4.76. The second-order valence-electron chi connectivity index (χ2n) is 14.3. The maximum atomic E-state index is 10.2. The molecule has 3 N–H and O–H groups in total. The van der Waals surface area contributed by atoms with Crippen molar-refractivity contribution in [1.29, 1.82) is 0 Å². The Morgan fingerprint density at radius 1 is 0.362 bits per heavy atom. The Morgan fingerprint density at radius 2 is 0.489 bits per heavy atom. The summed E-state index contributed by atoms with van der Waals surface area (Å²) in [6, 6.07) is 0. The molecule has 0 rings (SSSR count). The van der Waals surface area contributed by atoms with Gasteiger partial charge in [-0.25, -0.2) is 0 Å². The van der Waals surface area contributed by atoms with Crippen LogP contribution in [0.3, 0.4) is 0 Å². The van der Waals surface area contributed by atoms with Gasteiger partial charge in [-0.3, -0.25) is 14.4 Å². The molecule has 6 nitrogen and oxygen atoms in total. The summed E-state index contributed by atoms with van der Waals surface area (Å²) >= 11 is 1.36. The van der Waals surface area contributed by atoms with Gasteiger partial charge in [-0.15, -0.1) is 0 Å². The van der Waals surface area contributed by atoms with E-state index in [4.69, 9.17) is 15.3 Å². The monoisotopic (exact) mass is 779 g/mol. The van der Waals surface area contributed by atoms with Gasteiger partial charge in [0.1, 0.15) is 0 Å². The minimum atomic E-state index is -0.659. The van der Waals surface area contributed by atoms with Crippen LogP contribution >= 0.6 is 0 Å². The molecule has 0 fully saturated rings. The molecule has 0 saturated carbocycles. The third-order valence-corrected chi connectivity index (χ3v) is 7.48. The SMILES string of the molecule is CCCCCCCCCCCC(=O)O.CCCCCCCCCCCC(=O)O.CCCCCCCCCCCC(=O)O.C[C](C)(C)[SnH]. The van der Waals surface area contributed by atoms with E-state index < -0.39 is 17.9 Å². The number of carboxylic acid groups (broad SMARTS) is 3. The summed E-state index contributed by atoms with van der Waals surface area (Å²) < 4.78 is 0.630. The van der Waals surface area contributed by atoms with E-state index in [2.05, 4.69) is 41.5 Å². The van der Waals surface area contributed by atoms with Crippen LogP contribution in [-0.2, 0) is 14.4 Å². The fourth-order valence-corrected chi connectivity index (χ4v) is 4.76. The van der Waals surface area contributed by atoms with E-state index in [0.29, 0.717) is 22.7 Å². The molecule has 0 atom stereocenters. The van der Waals surface area contributed by atoms with E-state index in [1.807, 2.05) is 0 Å². The number of hydrogen-bond donors (Lipinski definition) is 3. The molecule has 0 unspecified atom stereocenters. The van der Waals surface area contributed by atoms with Gasteiger partial charge in [-0.05, 0) is 19.3 Å². The van der Waals surface area contributed by atoms with Gasteiger partial charge in [0.25, 0.3) is 0 Å². The number of aliphatic carboxylic acids is 3. The normalized spacial score (nSPS) is 10.5. The van der Waals surface area contributed by atoms with Gasteiger partial charge >= 0.3 is 64.6 Å². The summed E-state index contributed by atoms with van der Waals surface area (Å²) in [5.41, 5.74) is 0. The molecule has 7 heteroatoms. The van der Waals surface area contributed by atoms with Gasteiger partial charge in [-0.2, -0.15) is 0 Å². The van der Waals surface area contributed by atoms with Gasteiger partial charge in [0.15, 0.2) is 0 Å². The molecule has 0 heterocycles. The topological polar surface area (TPSA) is 112 Å².